The van der Waals surface area contributed by atoms with Gasteiger partial charge in [0.2, 0.25) is 0 Å². The first kappa shape index (κ1) is 8.90. The van der Waals surface area contributed by atoms with Gasteiger partial charge in [0.15, 0.2) is 5.79 Å². The summed E-state index contributed by atoms with van der Waals surface area (Å²) in [5.41, 5.74) is 4.62. The van der Waals surface area contributed by atoms with Gasteiger partial charge in [-0.3, -0.25) is 0 Å². The molecule has 3 nitrogen and oxygen atoms in total. The van der Waals surface area contributed by atoms with Gasteiger partial charge in [-0.2, -0.15) is 0 Å². The highest BCUT2D eigenvalue weighted by Gasteiger charge is 2.37. The Labute approximate surface area is 65.7 Å². The highest BCUT2D eigenvalue weighted by atomic mass is 19.1. The molecule has 11 heavy (non-hydrogen) atoms. The highest BCUT2D eigenvalue weighted by Crippen LogP contribution is 2.21. The van der Waals surface area contributed by atoms with Crippen molar-refractivity contribution in [1.82, 2.24) is 0 Å². The number of alkyl halides is 1. The first-order chi connectivity index (χ1) is 4.97. The normalized spacial score (nSPS) is 28.4. The van der Waals surface area contributed by atoms with Gasteiger partial charge in [-0.1, -0.05) is 0 Å². The van der Waals surface area contributed by atoms with Gasteiger partial charge in [0.25, 0.3) is 0 Å². The molecule has 0 spiro atoms. The van der Waals surface area contributed by atoms with Crippen LogP contribution in [0, 0.1) is 0 Å². The van der Waals surface area contributed by atoms with E-state index in [4.69, 9.17) is 15.2 Å². The lowest BCUT2D eigenvalue weighted by Gasteiger charge is -2.39. The number of hydrogen-bond acceptors (Lipinski definition) is 3. The molecule has 0 atom stereocenters. The molecule has 1 heterocycles. The summed E-state index contributed by atoms with van der Waals surface area (Å²) >= 11 is 0. The zero-order valence-corrected chi connectivity index (χ0v) is 6.89. The summed E-state index contributed by atoms with van der Waals surface area (Å²) in [7, 11) is 0. The van der Waals surface area contributed by atoms with Crippen LogP contribution < -0.4 is 5.73 Å². The van der Waals surface area contributed by atoms with E-state index in [0.717, 1.165) is 0 Å². The molecule has 0 aromatic carbocycles. The van der Waals surface area contributed by atoms with Gasteiger partial charge in [0, 0.05) is 0 Å². The lowest BCUT2D eigenvalue weighted by molar-refractivity contribution is -0.268. The lowest BCUT2D eigenvalue weighted by Crippen LogP contribution is -2.58. The molecule has 0 bridgehead atoms. The van der Waals surface area contributed by atoms with E-state index in [0.29, 0.717) is 0 Å². The molecule has 4 heteroatoms. The maximum absolute atomic E-state index is 12.2. The van der Waals surface area contributed by atoms with Gasteiger partial charge >= 0.3 is 0 Å². The molecule has 0 aromatic rings. The van der Waals surface area contributed by atoms with Crippen molar-refractivity contribution in [2.45, 2.75) is 25.2 Å². The Morgan fingerprint density at radius 3 is 2.18 bits per heavy atom. The second-order valence-corrected chi connectivity index (χ2v) is 3.47. The van der Waals surface area contributed by atoms with Crippen LogP contribution in [0.2, 0.25) is 0 Å². The van der Waals surface area contributed by atoms with Gasteiger partial charge < -0.3 is 15.2 Å². The van der Waals surface area contributed by atoms with Gasteiger partial charge in [0.05, 0.1) is 18.8 Å². The summed E-state index contributed by atoms with van der Waals surface area (Å²) in [5, 5.41) is 0. The second kappa shape index (κ2) is 2.69. The fourth-order valence-electron chi connectivity index (χ4n) is 0.796. The first-order valence-electron chi connectivity index (χ1n) is 3.60. The molecule has 66 valence electrons. The Bertz CT molecular complexity index is 139. The Kier molecular flexibility index (Phi) is 2.18. The zero-order chi connectivity index (χ0) is 8.54. The van der Waals surface area contributed by atoms with Crippen molar-refractivity contribution in [3.05, 3.63) is 0 Å². The van der Waals surface area contributed by atoms with Crippen molar-refractivity contribution in [2.24, 2.45) is 5.73 Å². The Balaban J connectivity index is 2.48. The summed E-state index contributed by atoms with van der Waals surface area (Å²) in [6.07, 6.45) is 0. The van der Waals surface area contributed by atoms with Crippen molar-refractivity contribution < 1.29 is 13.9 Å². The molecule has 0 unspecified atom stereocenters. The van der Waals surface area contributed by atoms with Gasteiger partial charge in [-0.05, 0) is 13.8 Å². The fraction of sp³-hybridized carbons (Fsp3) is 1.00. The Hall–Kier alpha value is -0.190. The standard InChI is InChI=1S/C7H14FNO2/c1-6(2)10-4-7(9,3-8)5-11-6/h3-5,9H2,1-2H3. The molecule has 0 saturated carbocycles. The minimum absolute atomic E-state index is 0.219. The van der Waals surface area contributed by atoms with E-state index in [1.165, 1.54) is 0 Å². The molecule has 1 fully saturated rings. The van der Waals surface area contributed by atoms with E-state index >= 15 is 0 Å². The van der Waals surface area contributed by atoms with Gasteiger partial charge in [-0.15, -0.1) is 0 Å². The SMILES string of the molecule is CC1(C)OCC(N)(CF)CO1. The van der Waals surface area contributed by atoms with Crippen LogP contribution in [0.3, 0.4) is 0 Å². The summed E-state index contributed by atoms with van der Waals surface area (Å²) < 4.78 is 22.6. The van der Waals surface area contributed by atoms with Crippen LogP contribution in [-0.2, 0) is 9.47 Å². The fourth-order valence-corrected chi connectivity index (χ4v) is 0.796. The van der Waals surface area contributed by atoms with Crippen LogP contribution in [0.5, 0.6) is 0 Å². The van der Waals surface area contributed by atoms with Crippen molar-refractivity contribution >= 4 is 0 Å². The average molecular weight is 163 g/mol. The molecular weight excluding hydrogens is 149 g/mol. The highest BCUT2D eigenvalue weighted by molar-refractivity contribution is 4.87. The zero-order valence-electron chi connectivity index (χ0n) is 6.89. The minimum Gasteiger partial charge on any atom is -0.348 e. The number of nitrogens with two attached hydrogens (primary N) is 1. The molecular formula is C7H14FNO2. The van der Waals surface area contributed by atoms with Crippen LogP contribution in [0.4, 0.5) is 4.39 Å². The summed E-state index contributed by atoms with van der Waals surface area (Å²) in [6.45, 7) is 3.39. The molecule has 2 N–H and O–H groups in total. The van der Waals surface area contributed by atoms with Crippen LogP contribution in [-0.4, -0.2) is 31.2 Å². The number of ether oxygens (including phenoxy) is 2. The predicted octanol–water partition coefficient (Wildman–Crippen LogP) is 0.436. The molecule has 0 amide bonds. The molecule has 1 aliphatic rings. The van der Waals surface area contributed by atoms with E-state index < -0.39 is 18.0 Å². The summed E-state index contributed by atoms with van der Waals surface area (Å²) in [6, 6.07) is 0. The number of halogens is 1. The van der Waals surface area contributed by atoms with Crippen molar-refractivity contribution in [3.63, 3.8) is 0 Å². The largest absolute Gasteiger partial charge is 0.348 e. The van der Waals surface area contributed by atoms with Crippen molar-refractivity contribution in [1.29, 1.82) is 0 Å². The van der Waals surface area contributed by atoms with Crippen LogP contribution in [0.15, 0.2) is 0 Å². The van der Waals surface area contributed by atoms with Gasteiger partial charge in [0.1, 0.15) is 6.67 Å². The summed E-state index contributed by atoms with van der Waals surface area (Å²) in [4.78, 5) is 0. The molecule has 1 saturated heterocycles. The third kappa shape index (κ3) is 2.12. The molecule has 0 aliphatic carbocycles. The van der Waals surface area contributed by atoms with Crippen LogP contribution in [0.25, 0.3) is 0 Å². The van der Waals surface area contributed by atoms with E-state index in [1.54, 1.807) is 13.8 Å². The third-order valence-corrected chi connectivity index (χ3v) is 1.68. The maximum Gasteiger partial charge on any atom is 0.162 e. The quantitative estimate of drug-likeness (QED) is 0.610. The van der Waals surface area contributed by atoms with Gasteiger partial charge in [-0.25, -0.2) is 4.39 Å². The maximum atomic E-state index is 12.2. The molecule has 0 radical (unpaired) electrons. The average Bonchev–Trinajstić information content (AvgIpc) is 1.97. The summed E-state index contributed by atoms with van der Waals surface area (Å²) in [5.74, 6) is -0.613. The van der Waals surface area contributed by atoms with E-state index in [-0.39, 0.29) is 13.2 Å². The number of rotatable bonds is 1. The predicted molar refractivity (Wildman–Crippen MR) is 38.9 cm³/mol. The van der Waals surface area contributed by atoms with Crippen LogP contribution >= 0.6 is 0 Å². The molecule has 0 aromatic heterocycles. The minimum atomic E-state index is -0.935. The van der Waals surface area contributed by atoms with Crippen molar-refractivity contribution in [3.8, 4) is 0 Å². The van der Waals surface area contributed by atoms with E-state index in [1.807, 2.05) is 0 Å². The third-order valence-electron chi connectivity index (χ3n) is 1.68. The second-order valence-electron chi connectivity index (χ2n) is 3.47. The lowest BCUT2D eigenvalue weighted by atomic mass is 10.0. The van der Waals surface area contributed by atoms with Crippen LogP contribution in [0.1, 0.15) is 13.8 Å². The van der Waals surface area contributed by atoms with E-state index in [9.17, 15) is 4.39 Å². The van der Waals surface area contributed by atoms with Crippen molar-refractivity contribution in [2.75, 3.05) is 19.9 Å². The molecule has 1 rings (SSSR count). The first-order valence-corrected chi connectivity index (χ1v) is 3.60. The Morgan fingerprint density at radius 2 is 1.82 bits per heavy atom. The topological polar surface area (TPSA) is 44.5 Å². The Morgan fingerprint density at radius 1 is 1.36 bits per heavy atom. The smallest absolute Gasteiger partial charge is 0.162 e. The van der Waals surface area contributed by atoms with E-state index in [2.05, 4.69) is 0 Å². The number of hydrogen-bond donors (Lipinski definition) is 1. The molecule has 1 aliphatic heterocycles. The monoisotopic (exact) mass is 163 g/mol.